The molecule has 0 aliphatic heterocycles. The van der Waals surface area contributed by atoms with Gasteiger partial charge in [0.2, 0.25) is 0 Å². The van der Waals surface area contributed by atoms with Gasteiger partial charge in [0, 0.05) is 0 Å². The second-order valence-electron chi connectivity index (χ2n) is 5.55. The summed E-state index contributed by atoms with van der Waals surface area (Å²) in [6, 6.07) is 10.6. The van der Waals surface area contributed by atoms with Gasteiger partial charge in [0.15, 0.2) is 0 Å². The van der Waals surface area contributed by atoms with Crippen LogP contribution in [-0.2, 0) is 0 Å². The van der Waals surface area contributed by atoms with E-state index in [1.54, 1.807) is 18.2 Å². The molecule has 0 atom stereocenters. The Morgan fingerprint density at radius 3 is 0.875 bits per heavy atom. The smallest absolute Gasteiger partial charge is 0.130 e. The first-order chi connectivity index (χ1) is 11.4. The molecule has 0 radical (unpaired) electrons. The SMILES string of the molecule is Oc1cc2c3cc(O)c(Br)cc3c3cc(Br)c(O)cc3c2cc1Br. The largest absolute Gasteiger partial charge is 0.507 e. The van der Waals surface area contributed by atoms with Crippen molar-refractivity contribution in [2.24, 2.45) is 0 Å². The average molecular weight is 513 g/mol. The molecule has 0 spiro atoms. The van der Waals surface area contributed by atoms with Crippen molar-refractivity contribution < 1.29 is 15.3 Å². The van der Waals surface area contributed by atoms with Gasteiger partial charge in [-0.25, -0.2) is 0 Å². The Hall–Kier alpha value is -1.50. The molecule has 0 amide bonds. The number of phenolic OH excluding ortho intramolecular Hbond substituents is 3. The van der Waals surface area contributed by atoms with Crippen molar-refractivity contribution in [3.05, 3.63) is 49.8 Å². The molecule has 120 valence electrons. The van der Waals surface area contributed by atoms with Crippen molar-refractivity contribution in [3.63, 3.8) is 0 Å². The summed E-state index contributed by atoms with van der Waals surface area (Å²) >= 11 is 10.1. The number of aromatic hydroxyl groups is 3. The fourth-order valence-electron chi connectivity index (χ4n) is 3.02. The summed E-state index contributed by atoms with van der Waals surface area (Å²) in [5.41, 5.74) is 0. The summed E-state index contributed by atoms with van der Waals surface area (Å²) < 4.78 is 1.75. The molecule has 0 heterocycles. The van der Waals surface area contributed by atoms with E-state index in [0.29, 0.717) is 13.4 Å². The lowest BCUT2D eigenvalue weighted by Gasteiger charge is -2.13. The van der Waals surface area contributed by atoms with Gasteiger partial charge in [-0.15, -0.1) is 0 Å². The van der Waals surface area contributed by atoms with Crippen LogP contribution in [0.5, 0.6) is 17.2 Å². The third kappa shape index (κ3) is 2.28. The minimum atomic E-state index is 0.117. The first-order valence-electron chi connectivity index (χ1n) is 6.95. The zero-order valence-electron chi connectivity index (χ0n) is 11.9. The van der Waals surface area contributed by atoms with Crippen molar-refractivity contribution >= 4 is 80.1 Å². The maximum atomic E-state index is 10.1. The highest BCUT2D eigenvalue weighted by molar-refractivity contribution is 9.11. The quantitative estimate of drug-likeness (QED) is 0.234. The Morgan fingerprint density at radius 1 is 0.417 bits per heavy atom. The topological polar surface area (TPSA) is 60.7 Å². The standard InChI is InChI=1S/C18H9Br3O3/c19-13-1-7-8-2-14(20)17(23)5-11(8)12-6-18(24)15(21)3-9(12)10(7)4-16(13)22/h1-6,22-24H. The van der Waals surface area contributed by atoms with Gasteiger partial charge in [-0.2, -0.15) is 0 Å². The van der Waals surface area contributed by atoms with Gasteiger partial charge in [0.1, 0.15) is 17.2 Å². The van der Waals surface area contributed by atoms with Crippen LogP contribution in [-0.4, -0.2) is 15.3 Å². The third-order valence-corrected chi connectivity index (χ3v) is 6.04. The second kappa shape index (κ2) is 5.51. The van der Waals surface area contributed by atoms with Crippen molar-refractivity contribution in [3.8, 4) is 17.2 Å². The minimum Gasteiger partial charge on any atom is -0.507 e. The Balaban J connectivity index is 2.40. The summed E-state index contributed by atoms with van der Waals surface area (Å²) in [5.74, 6) is 0.389. The minimum absolute atomic E-state index is 0.117. The Labute approximate surface area is 161 Å². The van der Waals surface area contributed by atoms with Crippen LogP contribution in [0, 0.1) is 0 Å². The monoisotopic (exact) mass is 510 g/mol. The Bertz CT molecular complexity index is 902. The molecule has 4 rings (SSSR count). The van der Waals surface area contributed by atoms with E-state index in [1.807, 2.05) is 18.2 Å². The first-order valence-corrected chi connectivity index (χ1v) is 9.33. The first kappa shape index (κ1) is 16.0. The zero-order valence-corrected chi connectivity index (χ0v) is 16.7. The molecule has 0 saturated carbocycles. The van der Waals surface area contributed by atoms with Crippen LogP contribution >= 0.6 is 47.8 Å². The highest BCUT2D eigenvalue weighted by Gasteiger charge is 2.15. The molecule has 3 N–H and O–H groups in total. The van der Waals surface area contributed by atoms with Gasteiger partial charge in [-0.1, -0.05) is 0 Å². The van der Waals surface area contributed by atoms with Gasteiger partial charge >= 0.3 is 0 Å². The molecule has 0 fully saturated rings. The molecule has 0 saturated heterocycles. The van der Waals surface area contributed by atoms with E-state index in [2.05, 4.69) is 47.8 Å². The lowest BCUT2D eigenvalue weighted by molar-refractivity contribution is 0.471. The summed E-state index contributed by atoms with van der Waals surface area (Å²) in [5, 5.41) is 35.5. The molecular weight excluding hydrogens is 504 g/mol. The van der Waals surface area contributed by atoms with Crippen LogP contribution in [0.4, 0.5) is 0 Å². The summed E-state index contributed by atoms with van der Waals surface area (Å²) in [6.07, 6.45) is 0. The molecule has 0 aliphatic rings. The fourth-order valence-corrected chi connectivity index (χ4v) is 4.05. The summed E-state index contributed by atoms with van der Waals surface area (Å²) in [6.45, 7) is 0. The third-order valence-electron chi connectivity index (χ3n) is 4.13. The van der Waals surface area contributed by atoms with Crippen LogP contribution in [0.15, 0.2) is 49.8 Å². The predicted octanol–water partition coefficient (Wildman–Crippen LogP) is 6.55. The highest BCUT2D eigenvalue weighted by atomic mass is 79.9. The number of hydrogen-bond acceptors (Lipinski definition) is 3. The molecular formula is C18H9Br3O3. The van der Waals surface area contributed by atoms with Crippen LogP contribution in [0.2, 0.25) is 0 Å². The van der Waals surface area contributed by atoms with E-state index in [-0.39, 0.29) is 17.2 Å². The second-order valence-corrected chi connectivity index (χ2v) is 8.11. The van der Waals surface area contributed by atoms with Crippen molar-refractivity contribution in [1.29, 1.82) is 0 Å². The van der Waals surface area contributed by atoms with E-state index in [1.165, 1.54) is 0 Å². The van der Waals surface area contributed by atoms with Crippen molar-refractivity contribution in [2.45, 2.75) is 0 Å². The van der Waals surface area contributed by atoms with Gasteiger partial charge in [0.05, 0.1) is 13.4 Å². The zero-order chi connectivity index (χ0) is 17.2. The molecule has 0 aromatic heterocycles. The van der Waals surface area contributed by atoms with Crippen LogP contribution < -0.4 is 0 Å². The van der Waals surface area contributed by atoms with E-state index in [0.717, 1.165) is 32.3 Å². The fraction of sp³-hybridized carbons (Fsp3) is 0. The lowest BCUT2D eigenvalue weighted by Crippen LogP contribution is -1.86. The van der Waals surface area contributed by atoms with E-state index in [9.17, 15) is 15.3 Å². The predicted molar refractivity (Wildman–Crippen MR) is 107 cm³/mol. The molecule has 0 unspecified atom stereocenters. The van der Waals surface area contributed by atoms with Gasteiger partial charge < -0.3 is 15.3 Å². The maximum absolute atomic E-state index is 10.1. The van der Waals surface area contributed by atoms with Crippen molar-refractivity contribution in [1.82, 2.24) is 0 Å². The van der Waals surface area contributed by atoms with E-state index in [4.69, 9.17) is 0 Å². The number of halogens is 3. The highest BCUT2D eigenvalue weighted by Crippen LogP contribution is 2.44. The normalized spacial score (nSPS) is 11.6. The molecule has 24 heavy (non-hydrogen) atoms. The Morgan fingerprint density at radius 2 is 0.625 bits per heavy atom. The average Bonchev–Trinajstić information content (AvgIpc) is 2.53. The van der Waals surface area contributed by atoms with Gasteiger partial charge in [-0.05, 0) is 117 Å². The number of rotatable bonds is 0. The number of hydrogen-bond donors (Lipinski definition) is 3. The molecule has 0 aliphatic carbocycles. The number of phenols is 3. The van der Waals surface area contributed by atoms with Gasteiger partial charge in [-0.3, -0.25) is 0 Å². The van der Waals surface area contributed by atoms with E-state index < -0.39 is 0 Å². The lowest BCUT2D eigenvalue weighted by atomic mass is 9.94. The van der Waals surface area contributed by atoms with E-state index >= 15 is 0 Å². The number of benzene rings is 4. The molecule has 6 heteroatoms. The Kier molecular flexibility index (Phi) is 3.67. The molecule has 0 bridgehead atoms. The molecule has 4 aromatic rings. The number of fused-ring (bicyclic) bond motifs is 6. The maximum Gasteiger partial charge on any atom is 0.130 e. The van der Waals surface area contributed by atoms with Gasteiger partial charge in [0.25, 0.3) is 0 Å². The molecule has 4 aromatic carbocycles. The van der Waals surface area contributed by atoms with Crippen LogP contribution in [0.1, 0.15) is 0 Å². The van der Waals surface area contributed by atoms with Crippen molar-refractivity contribution in [2.75, 3.05) is 0 Å². The molecule has 3 nitrogen and oxygen atoms in total. The summed E-state index contributed by atoms with van der Waals surface area (Å²) in [4.78, 5) is 0. The van der Waals surface area contributed by atoms with Crippen LogP contribution in [0.25, 0.3) is 32.3 Å². The summed E-state index contributed by atoms with van der Waals surface area (Å²) in [7, 11) is 0. The van der Waals surface area contributed by atoms with Crippen LogP contribution in [0.3, 0.4) is 0 Å².